The molecule has 13 heteroatoms. The monoisotopic (exact) mass is 843 g/mol. The Labute approximate surface area is 366 Å². The maximum atomic E-state index is 15.7. The van der Waals surface area contributed by atoms with Gasteiger partial charge in [-0.3, -0.25) is 5.43 Å². The zero-order valence-corrected chi connectivity index (χ0v) is 36.9. The minimum Gasteiger partial charge on any atom is -0.376 e. The molecule has 3 aromatic rings. The number of fused-ring (bicyclic) bond motifs is 1. The summed E-state index contributed by atoms with van der Waals surface area (Å²) in [7, 11) is 1.94. The summed E-state index contributed by atoms with van der Waals surface area (Å²) in [5.74, 6) is 2.08. The molecule has 1 fully saturated rings. The number of hydrogen-bond donors (Lipinski definition) is 5. The summed E-state index contributed by atoms with van der Waals surface area (Å²) in [5, 5.41) is 14.8. The highest BCUT2D eigenvalue weighted by Gasteiger charge is 2.24. The number of halogens is 1. The SMILES string of the molecule is C=CNC(=C)C(CCC)Nc1cnc2c(c1)CCC(CC(=C)N1CCN(c3ccc(C4=C/C(=C)/C(C(=C)c5cccc(NSN(C)CC)c5F)=C\N/N=C\4)cn3)CC1)CCN2. The fourth-order valence-electron chi connectivity index (χ4n) is 7.78. The number of hydrazone groups is 1. The van der Waals surface area contributed by atoms with Gasteiger partial charge in [-0.15, -0.1) is 0 Å². The first-order valence-corrected chi connectivity index (χ1v) is 22.1. The molecule has 0 amide bonds. The van der Waals surface area contributed by atoms with E-state index in [4.69, 9.17) is 9.97 Å². The molecule has 0 radical (unpaired) electrons. The Hall–Kier alpha value is -5.79. The van der Waals surface area contributed by atoms with Crippen LogP contribution in [-0.2, 0) is 6.42 Å². The van der Waals surface area contributed by atoms with Gasteiger partial charge in [0.05, 0.1) is 29.8 Å². The van der Waals surface area contributed by atoms with E-state index in [-0.39, 0.29) is 11.9 Å². The molecule has 0 aliphatic carbocycles. The van der Waals surface area contributed by atoms with Crippen molar-refractivity contribution in [2.45, 2.75) is 58.4 Å². The molecule has 61 heavy (non-hydrogen) atoms. The molecule has 5 N–H and O–H groups in total. The second-order valence-corrected chi connectivity index (χ2v) is 16.7. The molecule has 1 aromatic carbocycles. The lowest BCUT2D eigenvalue weighted by Crippen LogP contribution is -2.46. The predicted octanol–water partition coefficient (Wildman–Crippen LogP) is 9.59. The van der Waals surface area contributed by atoms with Crippen molar-refractivity contribution in [1.29, 1.82) is 0 Å². The third-order valence-electron chi connectivity index (χ3n) is 11.5. The van der Waals surface area contributed by atoms with Gasteiger partial charge in [0.15, 0.2) is 5.82 Å². The van der Waals surface area contributed by atoms with Crippen molar-refractivity contribution < 1.29 is 4.39 Å². The average molecular weight is 844 g/mol. The molecule has 2 atom stereocenters. The number of aryl methyl sites for hydroxylation is 1. The van der Waals surface area contributed by atoms with Crippen LogP contribution in [0.15, 0.2) is 128 Å². The number of benzene rings is 1. The molecule has 0 spiro atoms. The van der Waals surface area contributed by atoms with E-state index in [1.807, 2.05) is 42.8 Å². The second kappa shape index (κ2) is 21.6. The molecular weight excluding hydrogens is 782 g/mol. The summed E-state index contributed by atoms with van der Waals surface area (Å²) in [4.78, 5) is 14.4. The Morgan fingerprint density at radius 3 is 2.64 bits per heavy atom. The first kappa shape index (κ1) is 44.8. The van der Waals surface area contributed by atoms with Gasteiger partial charge in [-0.1, -0.05) is 65.3 Å². The van der Waals surface area contributed by atoms with Crippen LogP contribution in [0.1, 0.15) is 62.6 Å². The zero-order valence-electron chi connectivity index (χ0n) is 36.1. The summed E-state index contributed by atoms with van der Waals surface area (Å²) >= 11 is 1.34. The first-order chi connectivity index (χ1) is 29.6. The van der Waals surface area contributed by atoms with Crippen molar-refractivity contribution in [2.75, 3.05) is 66.6 Å². The van der Waals surface area contributed by atoms with E-state index in [1.54, 1.807) is 30.7 Å². The van der Waals surface area contributed by atoms with Crippen molar-refractivity contribution >= 4 is 52.5 Å². The van der Waals surface area contributed by atoms with E-state index >= 15 is 4.39 Å². The average Bonchev–Trinajstić information content (AvgIpc) is 3.25. The molecule has 0 saturated carbocycles. The molecule has 6 rings (SSSR count). The van der Waals surface area contributed by atoms with E-state index in [2.05, 4.69) is 99.0 Å². The van der Waals surface area contributed by atoms with Gasteiger partial charge in [0.1, 0.15) is 11.6 Å². The number of nitrogens with zero attached hydrogens (tertiary/aromatic N) is 6. The van der Waals surface area contributed by atoms with Crippen LogP contribution in [0.25, 0.3) is 11.1 Å². The quantitative estimate of drug-likeness (QED) is 0.0791. The summed E-state index contributed by atoms with van der Waals surface area (Å²) in [6, 6.07) is 11.7. The Kier molecular flexibility index (Phi) is 15.9. The highest BCUT2D eigenvalue weighted by Crippen LogP contribution is 2.34. The van der Waals surface area contributed by atoms with Crippen molar-refractivity contribution in [3.63, 3.8) is 0 Å². The third-order valence-corrected chi connectivity index (χ3v) is 12.4. The van der Waals surface area contributed by atoms with E-state index in [0.29, 0.717) is 33.9 Å². The number of allylic oxidation sites excluding steroid dienone is 6. The van der Waals surface area contributed by atoms with E-state index < -0.39 is 0 Å². The zero-order chi connectivity index (χ0) is 43.3. The predicted molar refractivity (Wildman–Crippen MR) is 258 cm³/mol. The largest absolute Gasteiger partial charge is 0.376 e. The molecule has 0 bridgehead atoms. The molecule has 3 aliphatic heterocycles. The van der Waals surface area contributed by atoms with Crippen molar-refractivity contribution in [2.24, 2.45) is 11.0 Å². The van der Waals surface area contributed by atoms with Crippen molar-refractivity contribution in [3.05, 3.63) is 145 Å². The third kappa shape index (κ3) is 11.7. The number of piperazine rings is 1. The molecule has 322 valence electrons. The van der Waals surface area contributed by atoms with Crippen LogP contribution in [0.3, 0.4) is 0 Å². The van der Waals surface area contributed by atoms with Gasteiger partial charge in [-0.05, 0) is 98.3 Å². The number of anilines is 4. The lowest BCUT2D eigenvalue weighted by molar-refractivity contribution is 0.291. The van der Waals surface area contributed by atoms with Crippen LogP contribution < -0.4 is 31.0 Å². The molecule has 1 saturated heterocycles. The molecule has 2 aromatic heterocycles. The Balaban J connectivity index is 1.01. The number of nitrogens with one attached hydrogen (secondary N) is 5. The standard InChI is InChI=1S/C48H62FN11S/c1-9-13-44(36(7)50-10-2)56-41-28-38-17-16-37(20-21-51-48(38)53-31-41)27-34(5)59-22-24-60(25-23-59)46-19-18-39(29-52-46)40-26-33(4)43(32-55-54-30-40)35(6)42-14-12-15-45(47(42)49)57-61-58(8)11-3/h10,12,14-15,18-19,26,28-32,37,44,50,55-57H,2,4-7,9,11,13,16-17,20-25,27H2,1,3,8H3,(H,51,53)/b40-26+,43-32+,54-30-. The van der Waals surface area contributed by atoms with E-state index in [9.17, 15) is 0 Å². The fraction of sp³-hybridized carbons (Fsp3) is 0.354. The molecule has 11 nitrogen and oxygen atoms in total. The van der Waals surface area contributed by atoms with Gasteiger partial charge in [-0.25, -0.2) is 18.7 Å². The highest BCUT2D eigenvalue weighted by molar-refractivity contribution is 7.98. The van der Waals surface area contributed by atoms with E-state index in [0.717, 1.165) is 112 Å². The summed E-state index contributed by atoms with van der Waals surface area (Å²) in [6.45, 7) is 30.6. The van der Waals surface area contributed by atoms with Crippen LogP contribution in [0.4, 0.5) is 27.4 Å². The molecular formula is C48H62FN11S. The highest BCUT2D eigenvalue weighted by atomic mass is 32.2. The van der Waals surface area contributed by atoms with Gasteiger partial charge < -0.3 is 30.5 Å². The van der Waals surface area contributed by atoms with Crippen LogP contribution >= 0.6 is 12.1 Å². The van der Waals surface area contributed by atoms with Gasteiger partial charge in [0.25, 0.3) is 0 Å². The maximum Gasteiger partial charge on any atom is 0.154 e. The fourth-order valence-corrected chi connectivity index (χ4v) is 8.32. The maximum absolute atomic E-state index is 15.7. The van der Waals surface area contributed by atoms with Crippen LogP contribution in [0.5, 0.6) is 0 Å². The van der Waals surface area contributed by atoms with E-state index in [1.165, 1.54) is 23.4 Å². The van der Waals surface area contributed by atoms with Crippen LogP contribution in [0.2, 0.25) is 0 Å². The van der Waals surface area contributed by atoms with Gasteiger partial charge in [0, 0.05) is 97.5 Å². The van der Waals surface area contributed by atoms with Crippen LogP contribution in [0, 0.1) is 11.7 Å². The van der Waals surface area contributed by atoms with Gasteiger partial charge >= 0.3 is 0 Å². The second-order valence-electron chi connectivity index (χ2n) is 15.7. The molecule has 2 unspecified atom stereocenters. The minimum atomic E-state index is -0.376. The number of rotatable bonds is 18. The van der Waals surface area contributed by atoms with Crippen molar-refractivity contribution in [3.8, 4) is 0 Å². The lowest BCUT2D eigenvalue weighted by Gasteiger charge is -2.38. The van der Waals surface area contributed by atoms with Gasteiger partial charge in [-0.2, -0.15) is 5.10 Å². The molecule has 3 aliphatic rings. The summed E-state index contributed by atoms with van der Waals surface area (Å²) in [5.41, 5.74) is 11.7. The Morgan fingerprint density at radius 2 is 1.90 bits per heavy atom. The Bertz CT molecular complexity index is 2150. The minimum absolute atomic E-state index is 0.0994. The number of hydrogen-bond acceptors (Lipinski definition) is 12. The van der Waals surface area contributed by atoms with Gasteiger partial charge in [0.2, 0.25) is 0 Å². The topological polar surface area (TPSA) is 108 Å². The van der Waals surface area contributed by atoms with Crippen LogP contribution in [-0.4, -0.2) is 77.7 Å². The molecule has 5 heterocycles. The first-order valence-electron chi connectivity index (χ1n) is 21.3. The summed E-state index contributed by atoms with van der Waals surface area (Å²) in [6.07, 6.45) is 17.0. The normalized spacial score (nSPS) is 19.4. The lowest BCUT2D eigenvalue weighted by atomic mass is 9.90. The number of aromatic nitrogens is 2. The Morgan fingerprint density at radius 1 is 1.08 bits per heavy atom. The summed E-state index contributed by atoms with van der Waals surface area (Å²) < 4.78 is 20.8. The number of pyridine rings is 2. The smallest absolute Gasteiger partial charge is 0.154 e. The van der Waals surface area contributed by atoms with Crippen molar-refractivity contribution in [1.82, 2.24) is 29.9 Å².